The van der Waals surface area contributed by atoms with Gasteiger partial charge in [0, 0.05) is 12.1 Å². The Balaban J connectivity index is 1.66. The maximum Gasteiger partial charge on any atom is 0.284 e. The predicted octanol–water partition coefficient (Wildman–Crippen LogP) is 2.91. The van der Waals surface area contributed by atoms with Crippen LogP contribution in [0.2, 0.25) is 0 Å². The van der Waals surface area contributed by atoms with Gasteiger partial charge in [0.05, 0.1) is 5.71 Å². The lowest BCUT2D eigenvalue weighted by Crippen LogP contribution is -2.42. The largest absolute Gasteiger partial charge is 0.508 e. The summed E-state index contributed by atoms with van der Waals surface area (Å²) in [6.45, 7) is 8.56. The molecule has 154 valence electrons. The minimum atomic E-state index is -0.764. The molecule has 7 nitrogen and oxygen atoms in total. The van der Waals surface area contributed by atoms with Crippen molar-refractivity contribution in [3.8, 4) is 17.2 Å². The van der Waals surface area contributed by atoms with Crippen molar-refractivity contribution in [3.63, 3.8) is 0 Å². The summed E-state index contributed by atoms with van der Waals surface area (Å²) in [7, 11) is 0. The van der Waals surface area contributed by atoms with Crippen LogP contribution < -0.4 is 14.9 Å². The quantitative estimate of drug-likeness (QED) is 0.554. The van der Waals surface area contributed by atoms with Crippen LogP contribution in [0.5, 0.6) is 17.2 Å². The van der Waals surface area contributed by atoms with Crippen LogP contribution in [0.15, 0.2) is 47.6 Å². The summed E-state index contributed by atoms with van der Waals surface area (Å²) in [4.78, 5) is 14.6. The van der Waals surface area contributed by atoms with Crippen LogP contribution in [0.4, 0.5) is 0 Å². The summed E-state index contributed by atoms with van der Waals surface area (Å²) >= 11 is 0. The third kappa shape index (κ3) is 5.06. The van der Waals surface area contributed by atoms with E-state index in [2.05, 4.69) is 29.3 Å². The number of hydrazone groups is 1. The molecule has 29 heavy (non-hydrogen) atoms. The number of amides is 1. The molecular formula is C22H27N3O4. The molecule has 0 unspecified atom stereocenters. The second-order valence-electron chi connectivity index (χ2n) is 6.84. The second-order valence-corrected chi connectivity index (χ2v) is 6.84. The zero-order valence-corrected chi connectivity index (χ0v) is 17.0. The number of benzene rings is 2. The average molecular weight is 397 g/mol. The van der Waals surface area contributed by atoms with E-state index in [1.54, 1.807) is 31.2 Å². The van der Waals surface area contributed by atoms with Gasteiger partial charge >= 0.3 is 0 Å². The molecule has 1 amide bonds. The molecule has 1 heterocycles. The van der Waals surface area contributed by atoms with Gasteiger partial charge < -0.3 is 14.6 Å². The first-order valence-corrected chi connectivity index (χ1v) is 9.79. The van der Waals surface area contributed by atoms with E-state index in [1.165, 1.54) is 0 Å². The molecule has 7 heteroatoms. The van der Waals surface area contributed by atoms with Gasteiger partial charge in [-0.05, 0) is 55.9 Å². The van der Waals surface area contributed by atoms with E-state index < -0.39 is 6.10 Å². The molecule has 0 fully saturated rings. The number of hydrogen-bond donors (Lipinski definition) is 2. The molecule has 2 aromatic rings. The van der Waals surface area contributed by atoms with E-state index in [1.807, 2.05) is 18.2 Å². The highest BCUT2D eigenvalue weighted by atomic mass is 16.6. The topological polar surface area (TPSA) is 83.4 Å². The molecule has 0 spiro atoms. The molecule has 1 aliphatic rings. The van der Waals surface area contributed by atoms with Crippen molar-refractivity contribution in [2.45, 2.75) is 33.4 Å². The van der Waals surface area contributed by atoms with E-state index in [-0.39, 0.29) is 18.3 Å². The number of phenols is 1. The molecule has 0 radical (unpaired) electrons. The SMILES string of the molecule is CCN(CC)Cc1cc(/C(C)=N/NC(=O)[C@H]2COc3ccccc3O2)ccc1O. The number of hydrogen-bond acceptors (Lipinski definition) is 6. The van der Waals surface area contributed by atoms with Gasteiger partial charge in [-0.3, -0.25) is 9.69 Å². The van der Waals surface area contributed by atoms with Crippen molar-refractivity contribution in [2.24, 2.45) is 5.10 Å². The summed E-state index contributed by atoms with van der Waals surface area (Å²) in [6, 6.07) is 12.6. The Morgan fingerprint density at radius 3 is 2.66 bits per heavy atom. The fraction of sp³-hybridized carbons (Fsp3) is 0.364. The maximum atomic E-state index is 12.4. The fourth-order valence-corrected chi connectivity index (χ4v) is 3.05. The van der Waals surface area contributed by atoms with Gasteiger partial charge in [-0.2, -0.15) is 5.10 Å². The highest BCUT2D eigenvalue weighted by Crippen LogP contribution is 2.30. The Labute approximate surface area is 170 Å². The van der Waals surface area contributed by atoms with Gasteiger partial charge in [0.1, 0.15) is 12.4 Å². The van der Waals surface area contributed by atoms with E-state index >= 15 is 0 Å². The molecule has 0 saturated heterocycles. The third-order valence-electron chi connectivity index (χ3n) is 4.92. The van der Waals surface area contributed by atoms with Crippen molar-refractivity contribution in [1.29, 1.82) is 0 Å². The number of nitrogens with zero attached hydrogens (tertiary/aromatic N) is 2. The van der Waals surface area contributed by atoms with Crippen molar-refractivity contribution in [2.75, 3.05) is 19.7 Å². The molecular weight excluding hydrogens is 370 g/mol. The van der Waals surface area contributed by atoms with Crippen molar-refractivity contribution < 1.29 is 19.4 Å². The van der Waals surface area contributed by atoms with Crippen molar-refractivity contribution in [1.82, 2.24) is 10.3 Å². The minimum absolute atomic E-state index is 0.130. The fourth-order valence-electron chi connectivity index (χ4n) is 3.05. The maximum absolute atomic E-state index is 12.4. The predicted molar refractivity (Wildman–Crippen MR) is 111 cm³/mol. The van der Waals surface area contributed by atoms with Crippen molar-refractivity contribution >= 4 is 11.6 Å². The lowest BCUT2D eigenvalue weighted by atomic mass is 10.1. The zero-order chi connectivity index (χ0) is 20.8. The van der Waals surface area contributed by atoms with Crippen LogP contribution in [0.3, 0.4) is 0 Å². The van der Waals surface area contributed by atoms with Crippen LogP contribution in [0.1, 0.15) is 31.9 Å². The van der Waals surface area contributed by atoms with Gasteiger partial charge in [0.2, 0.25) is 6.10 Å². The monoisotopic (exact) mass is 397 g/mol. The van der Waals surface area contributed by atoms with Crippen molar-refractivity contribution in [3.05, 3.63) is 53.6 Å². The number of ether oxygens (including phenoxy) is 2. The standard InChI is InChI=1S/C22H27N3O4/c1-4-25(5-2)13-17-12-16(10-11-18(17)26)15(3)23-24-22(27)21-14-28-19-8-6-7-9-20(19)29-21/h6-12,21,26H,4-5,13-14H2,1-3H3,(H,24,27)/b23-15+/t21-/m1/s1. The van der Waals surface area contributed by atoms with E-state index in [9.17, 15) is 9.90 Å². The number of phenolic OH excluding ortho intramolecular Hbond substituents is 1. The Kier molecular flexibility index (Phi) is 6.72. The van der Waals surface area contributed by atoms with Crippen LogP contribution >= 0.6 is 0 Å². The zero-order valence-electron chi connectivity index (χ0n) is 17.0. The Morgan fingerprint density at radius 2 is 1.93 bits per heavy atom. The lowest BCUT2D eigenvalue weighted by molar-refractivity contribution is -0.130. The summed E-state index contributed by atoms with van der Waals surface area (Å²) < 4.78 is 11.3. The normalized spacial score (nSPS) is 16.0. The Bertz CT molecular complexity index is 893. The average Bonchev–Trinajstić information content (AvgIpc) is 2.76. The van der Waals surface area contributed by atoms with Gasteiger partial charge in [-0.1, -0.05) is 26.0 Å². The van der Waals surface area contributed by atoms with Crippen LogP contribution in [-0.2, 0) is 11.3 Å². The molecule has 1 aliphatic heterocycles. The number of carbonyl (C=O) groups excluding carboxylic acids is 1. The Morgan fingerprint density at radius 1 is 1.21 bits per heavy atom. The van der Waals surface area contributed by atoms with Gasteiger partial charge in [0.15, 0.2) is 11.5 Å². The number of aromatic hydroxyl groups is 1. The van der Waals surface area contributed by atoms with E-state index in [4.69, 9.17) is 9.47 Å². The highest BCUT2D eigenvalue weighted by molar-refractivity contribution is 5.99. The summed E-state index contributed by atoms with van der Waals surface area (Å²) in [5.74, 6) is 1.05. The smallest absolute Gasteiger partial charge is 0.284 e. The molecule has 0 saturated carbocycles. The summed E-state index contributed by atoms with van der Waals surface area (Å²) in [5.41, 5.74) is 4.84. The summed E-state index contributed by atoms with van der Waals surface area (Å²) in [5, 5.41) is 14.4. The molecule has 2 N–H and O–H groups in total. The summed E-state index contributed by atoms with van der Waals surface area (Å²) in [6.07, 6.45) is -0.764. The minimum Gasteiger partial charge on any atom is -0.508 e. The highest BCUT2D eigenvalue weighted by Gasteiger charge is 2.27. The van der Waals surface area contributed by atoms with E-state index in [0.717, 1.165) is 24.2 Å². The van der Waals surface area contributed by atoms with Crippen LogP contribution in [-0.4, -0.2) is 47.4 Å². The molecule has 2 aromatic carbocycles. The molecule has 1 atom stereocenters. The van der Waals surface area contributed by atoms with Gasteiger partial charge in [0.25, 0.3) is 5.91 Å². The Hall–Kier alpha value is -3.06. The van der Waals surface area contributed by atoms with Crippen LogP contribution in [0.25, 0.3) is 0 Å². The molecule has 0 aromatic heterocycles. The molecule has 3 rings (SSSR count). The molecule has 0 bridgehead atoms. The van der Waals surface area contributed by atoms with E-state index in [0.29, 0.717) is 23.8 Å². The number of nitrogens with one attached hydrogen (secondary N) is 1. The first kappa shape index (κ1) is 20.7. The third-order valence-corrected chi connectivity index (χ3v) is 4.92. The number of fused-ring (bicyclic) bond motifs is 1. The van der Waals surface area contributed by atoms with Gasteiger partial charge in [-0.25, -0.2) is 5.43 Å². The van der Waals surface area contributed by atoms with Gasteiger partial charge in [-0.15, -0.1) is 0 Å². The number of rotatable bonds is 7. The lowest BCUT2D eigenvalue weighted by Gasteiger charge is -2.24. The second kappa shape index (κ2) is 9.43. The number of carbonyl (C=O) groups is 1. The first-order valence-electron chi connectivity index (χ1n) is 9.79. The molecule has 0 aliphatic carbocycles. The van der Waals surface area contributed by atoms with Crippen LogP contribution in [0, 0.1) is 0 Å². The number of para-hydroxylation sites is 2. The first-order chi connectivity index (χ1) is 14.0.